The molecule has 2 aromatic carbocycles. The van der Waals surface area contributed by atoms with Crippen molar-refractivity contribution in [3.63, 3.8) is 0 Å². The topological polar surface area (TPSA) is 54.5 Å². The summed E-state index contributed by atoms with van der Waals surface area (Å²) in [6.45, 7) is 2.39. The van der Waals surface area contributed by atoms with Gasteiger partial charge in [0.25, 0.3) is 5.91 Å². The Hall–Kier alpha value is -2.70. The van der Waals surface area contributed by atoms with Gasteiger partial charge in [0.2, 0.25) is 0 Å². The van der Waals surface area contributed by atoms with Crippen molar-refractivity contribution in [1.29, 1.82) is 0 Å². The summed E-state index contributed by atoms with van der Waals surface area (Å²) in [5, 5.41) is 3.94. The molecule has 1 amide bonds. The maximum atomic E-state index is 12.8. The number of hydrogen-bond acceptors (Lipinski definition) is 5. The summed E-state index contributed by atoms with van der Waals surface area (Å²) in [4.78, 5) is 20.1. The molecule has 6 heteroatoms. The van der Waals surface area contributed by atoms with Crippen molar-refractivity contribution in [2.75, 3.05) is 27.7 Å². The number of nitrogens with one attached hydrogen (secondary N) is 1. The molecule has 3 rings (SSSR count). The van der Waals surface area contributed by atoms with Crippen molar-refractivity contribution in [3.8, 4) is 16.3 Å². The van der Waals surface area contributed by atoms with E-state index in [9.17, 15) is 4.79 Å². The molecule has 1 heterocycles. The van der Waals surface area contributed by atoms with Crippen LogP contribution in [0.3, 0.4) is 0 Å². The van der Waals surface area contributed by atoms with Crippen LogP contribution in [0.4, 0.5) is 0 Å². The first kappa shape index (κ1) is 20.0. The summed E-state index contributed by atoms with van der Waals surface area (Å²) in [6.07, 6.45) is 0. The normalized spacial score (nSPS) is 12.0. The van der Waals surface area contributed by atoms with E-state index in [1.165, 1.54) is 11.3 Å². The number of ether oxygens (including phenoxy) is 1. The third-order valence-corrected chi connectivity index (χ3v) is 5.81. The van der Waals surface area contributed by atoms with E-state index < -0.39 is 0 Å². The Morgan fingerprint density at radius 3 is 2.43 bits per heavy atom. The van der Waals surface area contributed by atoms with Gasteiger partial charge in [-0.05, 0) is 38.7 Å². The fraction of sp³-hybridized carbons (Fsp3) is 0.273. The number of amides is 1. The Labute approximate surface area is 170 Å². The average Bonchev–Trinajstić information content (AvgIpc) is 3.10. The van der Waals surface area contributed by atoms with Gasteiger partial charge in [0.15, 0.2) is 0 Å². The highest BCUT2D eigenvalue weighted by molar-refractivity contribution is 7.17. The number of aryl methyl sites for hydroxylation is 1. The van der Waals surface area contributed by atoms with Crippen molar-refractivity contribution >= 4 is 17.2 Å². The van der Waals surface area contributed by atoms with Gasteiger partial charge in [-0.2, -0.15) is 0 Å². The van der Waals surface area contributed by atoms with Crippen LogP contribution >= 0.6 is 11.3 Å². The lowest BCUT2D eigenvalue weighted by Gasteiger charge is -2.25. The van der Waals surface area contributed by atoms with E-state index >= 15 is 0 Å². The van der Waals surface area contributed by atoms with Gasteiger partial charge in [0.1, 0.15) is 15.6 Å². The minimum Gasteiger partial charge on any atom is -0.497 e. The summed E-state index contributed by atoms with van der Waals surface area (Å²) in [5.41, 5.74) is 2.91. The fourth-order valence-electron chi connectivity index (χ4n) is 3.01. The molecule has 0 aliphatic rings. The quantitative estimate of drug-likeness (QED) is 0.653. The van der Waals surface area contributed by atoms with Crippen LogP contribution in [-0.4, -0.2) is 43.5 Å². The Morgan fingerprint density at radius 2 is 1.82 bits per heavy atom. The summed E-state index contributed by atoms with van der Waals surface area (Å²) in [7, 11) is 5.67. The number of hydrogen-bond donors (Lipinski definition) is 1. The summed E-state index contributed by atoms with van der Waals surface area (Å²) >= 11 is 1.43. The van der Waals surface area contributed by atoms with E-state index in [2.05, 4.69) is 15.2 Å². The molecule has 1 aromatic heterocycles. The predicted molar refractivity (Wildman–Crippen MR) is 114 cm³/mol. The van der Waals surface area contributed by atoms with Gasteiger partial charge >= 0.3 is 0 Å². The molecule has 1 unspecified atom stereocenters. The van der Waals surface area contributed by atoms with Crippen LogP contribution in [0.25, 0.3) is 10.6 Å². The van der Waals surface area contributed by atoms with Crippen LogP contribution < -0.4 is 10.1 Å². The van der Waals surface area contributed by atoms with E-state index in [1.54, 1.807) is 7.11 Å². The van der Waals surface area contributed by atoms with Gasteiger partial charge in [-0.15, -0.1) is 11.3 Å². The van der Waals surface area contributed by atoms with E-state index in [0.29, 0.717) is 11.4 Å². The zero-order chi connectivity index (χ0) is 20.1. The average molecular weight is 396 g/mol. The van der Waals surface area contributed by atoms with Crippen LogP contribution in [0.1, 0.15) is 27.0 Å². The maximum Gasteiger partial charge on any atom is 0.263 e. The molecular weight excluding hydrogens is 370 g/mol. The smallest absolute Gasteiger partial charge is 0.263 e. The molecule has 0 aliphatic carbocycles. The molecule has 146 valence electrons. The molecule has 3 aromatic rings. The maximum absolute atomic E-state index is 12.8. The number of methoxy groups -OCH3 is 1. The van der Waals surface area contributed by atoms with E-state index in [-0.39, 0.29) is 11.9 Å². The Kier molecular flexibility index (Phi) is 6.44. The third kappa shape index (κ3) is 4.58. The summed E-state index contributed by atoms with van der Waals surface area (Å²) in [5.74, 6) is 0.733. The molecule has 1 atom stereocenters. The van der Waals surface area contributed by atoms with Gasteiger partial charge in [-0.25, -0.2) is 4.98 Å². The van der Waals surface area contributed by atoms with Crippen LogP contribution in [-0.2, 0) is 0 Å². The first-order valence-electron chi connectivity index (χ1n) is 9.11. The first-order chi connectivity index (χ1) is 13.5. The van der Waals surface area contributed by atoms with Crippen molar-refractivity contribution in [1.82, 2.24) is 15.2 Å². The zero-order valence-corrected chi connectivity index (χ0v) is 17.4. The van der Waals surface area contributed by atoms with Gasteiger partial charge in [0, 0.05) is 12.1 Å². The monoisotopic (exact) mass is 395 g/mol. The molecule has 1 N–H and O–H groups in total. The second-order valence-corrected chi connectivity index (χ2v) is 7.76. The highest BCUT2D eigenvalue weighted by Crippen LogP contribution is 2.28. The molecular formula is C22H25N3O2S. The van der Waals surface area contributed by atoms with Crippen molar-refractivity contribution in [2.45, 2.75) is 13.0 Å². The lowest BCUT2D eigenvalue weighted by molar-refractivity contribution is 0.0945. The van der Waals surface area contributed by atoms with Crippen molar-refractivity contribution in [3.05, 3.63) is 70.7 Å². The fourth-order valence-corrected chi connectivity index (χ4v) is 3.99. The Morgan fingerprint density at radius 1 is 1.14 bits per heavy atom. The second-order valence-electron chi connectivity index (χ2n) is 6.76. The van der Waals surface area contributed by atoms with E-state index in [4.69, 9.17) is 4.74 Å². The molecule has 0 radical (unpaired) electrons. The van der Waals surface area contributed by atoms with Gasteiger partial charge in [0.05, 0.1) is 18.8 Å². The number of likely N-dealkylation sites (N-methyl/N-ethyl adjacent to an activating group) is 1. The van der Waals surface area contributed by atoms with Crippen molar-refractivity contribution < 1.29 is 9.53 Å². The van der Waals surface area contributed by atoms with Crippen molar-refractivity contribution in [2.24, 2.45) is 0 Å². The van der Waals surface area contributed by atoms with Gasteiger partial charge < -0.3 is 15.0 Å². The number of carbonyl (C=O) groups excluding carboxylic acids is 1. The SMILES string of the molecule is COc1ccc(C(CNC(=O)c2sc(-c3ccccc3)nc2C)N(C)C)cc1. The van der Waals surface area contributed by atoms with Crippen LogP contribution in [0.2, 0.25) is 0 Å². The summed E-state index contributed by atoms with van der Waals surface area (Å²) in [6, 6.07) is 17.9. The molecule has 5 nitrogen and oxygen atoms in total. The first-order valence-corrected chi connectivity index (χ1v) is 9.92. The molecule has 0 saturated carbocycles. The minimum absolute atomic E-state index is 0.0664. The standard InChI is InChI=1S/C22H25N3O2S/c1-15-20(28-22(24-15)17-8-6-5-7-9-17)21(26)23-14-19(25(2)3)16-10-12-18(27-4)13-11-16/h5-13,19H,14H2,1-4H3,(H,23,26). The minimum atomic E-state index is -0.0856. The number of thiazole rings is 1. The van der Waals surface area contributed by atoms with Gasteiger partial charge in [-0.3, -0.25) is 4.79 Å². The second kappa shape index (κ2) is 8.99. The van der Waals surface area contributed by atoms with Gasteiger partial charge in [-0.1, -0.05) is 42.5 Å². The number of nitrogens with zero attached hydrogens (tertiary/aromatic N) is 2. The summed E-state index contributed by atoms with van der Waals surface area (Å²) < 4.78 is 5.23. The highest BCUT2D eigenvalue weighted by atomic mass is 32.1. The largest absolute Gasteiger partial charge is 0.497 e. The number of aromatic nitrogens is 1. The molecule has 0 fully saturated rings. The van der Waals surface area contributed by atoms with Crippen LogP contribution in [0.5, 0.6) is 5.75 Å². The third-order valence-electron chi connectivity index (χ3n) is 4.60. The predicted octanol–water partition coefficient (Wildman–Crippen LogP) is 4.16. The number of benzene rings is 2. The molecule has 28 heavy (non-hydrogen) atoms. The molecule has 0 saturated heterocycles. The number of carbonyl (C=O) groups is 1. The highest BCUT2D eigenvalue weighted by Gasteiger charge is 2.19. The molecule has 0 bridgehead atoms. The molecule has 0 aliphatic heterocycles. The Bertz CT molecular complexity index is 921. The Balaban J connectivity index is 1.72. The van der Waals surface area contributed by atoms with Crippen LogP contribution in [0.15, 0.2) is 54.6 Å². The van der Waals surface area contributed by atoms with E-state index in [1.807, 2.05) is 75.6 Å². The zero-order valence-electron chi connectivity index (χ0n) is 16.6. The van der Waals surface area contributed by atoms with Crippen LogP contribution in [0, 0.1) is 6.92 Å². The number of rotatable bonds is 7. The lowest BCUT2D eigenvalue weighted by atomic mass is 10.1. The van der Waals surface area contributed by atoms with E-state index in [0.717, 1.165) is 27.6 Å². The lowest BCUT2D eigenvalue weighted by Crippen LogP contribution is -2.34. The molecule has 0 spiro atoms.